The van der Waals surface area contributed by atoms with Gasteiger partial charge in [-0.25, -0.2) is 4.79 Å². The van der Waals surface area contributed by atoms with Crippen LogP contribution in [0.4, 0.5) is 0 Å². The van der Waals surface area contributed by atoms with Crippen LogP contribution in [0, 0.1) is 0 Å². The summed E-state index contributed by atoms with van der Waals surface area (Å²) in [6.45, 7) is 0.154. The summed E-state index contributed by atoms with van der Waals surface area (Å²) in [6.07, 6.45) is 2.23. The Kier molecular flexibility index (Phi) is 4.94. The summed E-state index contributed by atoms with van der Waals surface area (Å²) in [4.78, 5) is 26.7. The number of rotatable bonds is 6. The number of amides is 1. The van der Waals surface area contributed by atoms with E-state index in [1.54, 1.807) is 7.05 Å². The van der Waals surface area contributed by atoms with Gasteiger partial charge in [-0.3, -0.25) is 4.79 Å². The quantitative estimate of drug-likeness (QED) is 0.680. The molecular weight excluding hydrogens is 270 g/mol. The van der Waals surface area contributed by atoms with Gasteiger partial charge in [0, 0.05) is 23.5 Å². The number of hydrogen-bond acceptors (Lipinski definition) is 4. The molecule has 6 nitrogen and oxygen atoms in total. The van der Waals surface area contributed by atoms with Gasteiger partial charge >= 0.3 is 5.97 Å². The smallest absolute Gasteiger partial charge is 0.328 e. The van der Waals surface area contributed by atoms with Gasteiger partial charge in [-0.1, -0.05) is 18.2 Å². The number of esters is 1. The second-order valence-electron chi connectivity index (χ2n) is 4.74. The summed E-state index contributed by atoms with van der Waals surface area (Å²) in [5, 5.41) is 6.47. The molecule has 2 rings (SSSR count). The number of methoxy groups -OCH3 is 1. The van der Waals surface area contributed by atoms with Gasteiger partial charge in [-0.05, 0) is 18.7 Å². The van der Waals surface area contributed by atoms with Crippen LogP contribution in [0.15, 0.2) is 30.5 Å². The van der Waals surface area contributed by atoms with E-state index in [2.05, 4.69) is 15.6 Å². The van der Waals surface area contributed by atoms with Crippen molar-refractivity contribution < 1.29 is 14.3 Å². The Hall–Kier alpha value is -2.34. The van der Waals surface area contributed by atoms with Crippen molar-refractivity contribution in [2.75, 3.05) is 20.7 Å². The molecule has 112 valence electrons. The van der Waals surface area contributed by atoms with E-state index in [1.165, 1.54) is 7.11 Å². The first-order valence-corrected chi connectivity index (χ1v) is 6.72. The van der Waals surface area contributed by atoms with Gasteiger partial charge < -0.3 is 20.4 Å². The maximum absolute atomic E-state index is 11.8. The number of carbonyl (C=O) groups is 2. The highest BCUT2D eigenvalue weighted by molar-refractivity contribution is 5.87. The highest BCUT2D eigenvalue weighted by Gasteiger charge is 2.22. The fraction of sp³-hybridized carbons (Fsp3) is 0.333. The lowest BCUT2D eigenvalue weighted by molar-refractivity contribution is -0.144. The molecule has 1 amide bonds. The predicted molar refractivity (Wildman–Crippen MR) is 79.9 cm³/mol. The molecule has 1 atom stereocenters. The zero-order valence-corrected chi connectivity index (χ0v) is 12.1. The lowest BCUT2D eigenvalue weighted by Crippen LogP contribution is -2.45. The molecule has 21 heavy (non-hydrogen) atoms. The topological polar surface area (TPSA) is 83.2 Å². The molecule has 0 aliphatic carbocycles. The van der Waals surface area contributed by atoms with Crippen LogP contribution < -0.4 is 10.6 Å². The molecule has 6 heteroatoms. The van der Waals surface area contributed by atoms with Crippen molar-refractivity contribution in [2.45, 2.75) is 12.5 Å². The number of para-hydroxylation sites is 1. The first kappa shape index (κ1) is 15.1. The molecule has 0 saturated heterocycles. The minimum Gasteiger partial charge on any atom is -0.467 e. The number of hydrogen-bond donors (Lipinski definition) is 3. The first-order valence-electron chi connectivity index (χ1n) is 6.72. The van der Waals surface area contributed by atoms with Gasteiger partial charge in [0.25, 0.3) is 0 Å². The Morgan fingerprint density at radius 1 is 1.33 bits per heavy atom. The van der Waals surface area contributed by atoms with Crippen molar-refractivity contribution >= 4 is 22.8 Å². The van der Waals surface area contributed by atoms with Crippen molar-refractivity contribution in [1.29, 1.82) is 0 Å². The normalized spacial score (nSPS) is 12.1. The molecule has 3 N–H and O–H groups in total. The summed E-state index contributed by atoms with van der Waals surface area (Å²) in [5.74, 6) is -0.697. The highest BCUT2D eigenvalue weighted by Crippen LogP contribution is 2.19. The Morgan fingerprint density at radius 2 is 2.10 bits per heavy atom. The van der Waals surface area contributed by atoms with Crippen molar-refractivity contribution in [3.8, 4) is 0 Å². The fourth-order valence-electron chi connectivity index (χ4n) is 2.26. The molecule has 0 radical (unpaired) electrons. The molecule has 2 aromatic rings. The van der Waals surface area contributed by atoms with Crippen LogP contribution in [0.25, 0.3) is 10.9 Å². The summed E-state index contributed by atoms with van der Waals surface area (Å²) >= 11 is 0. The molecule has 1 aromatic carbocycles. The lowest BCUT2D eigenvalue weighted by Gasteiger charge is -2.16. The van der Waals surface area contributed by atoms with Gasteiger partial charge in [0.15, 0.2) is 0 Å². The first-order chi connectivity index (χ1) is 10.2. The van der Waals surface area contributed by atoms with E-state index >= 15 is 0 Å². The lowest BCUT2D eigenvalue weighted by atomic mass is 10.0. The number of nitrogens with one attached hydrogen (secondary N) is 3. The van der Waals surface area contributed by atoms with E-state index in [1.807, 2.05) is 30.5 Å². The molecule has 0 aliphatic heterocycles. The van der Waals surface area contributed by atoms with Gasteiger partial charge in [0.05, 0.1) is 13.7 Å². The predicted octanol–water partition coefficient (Wildman–Crippen LogP) is 0.588. The third-order valence-electron chi connectivity index (χ3n) is 3.26. The second kappa shape index (κ2) is 6.90. The number of carbonyl (C=O) groups excluding carboxylic acids is 2. The molecule has 0 bridgehead atoms. The second-order valence-corrected chi connectivity index (χ2v) is 4.74. The Bertz CT molecular complexity index is 636. The summed E-state index contributed by atoms with van der Waals surface area (Å²) in [5.41, 5.74) is 1.96. The van der Waals surface area contributed by atoms with E-state index in [0.29, 0.717) is 6.42 Å². The van der Waals surface area contributed by atoms with E-state index in [9.17, 15) is 9.59 Å². The zero-order valence-electron chi connectivity index (χ0n) is 12.1. The average Bonchev–Trinajstić information content (AvgIpc) is 2.89. The van der Waals surface area contributed by atoms with Crippen LogP contribution in [0.2, 0.25) is 0 Å². The fourth-order valence-corrected chi connectivity index (χ4v) is 2.26. The van der Waals surface area contributed by atoms with Crippen molar-refractivity contribution in [2.24, 2.45) is 0 Å². The Balaban J connectivity index is 2.18. The van der Waals surface area contributed by atoms with E-state index in [-0.39, 0.29) is 12.5 Å². The largest absolute Gasteiger partial charge is 0.467 e. The van der Waals surface area contributed by atoms with Crippen LogP contribution in [-0.2, 0) is 20.7 Å². The highest BCUT2D eigenvalue weighted by atomic mass is 16.5. The van der Waals surface area contributed by atoms with Gasteiger partial charge in [-0.2, -0.15) is 0 Å². The molecule has 1 heterocycles. The number of fused-ring (bicyclic) bond motifs is 1. The maximum Gasteiger partial charge on any atom is 0.328 e. The molecule has 0 saturated carbocycles. The van der Waals surface area contributed by atoms with E-state index in [4.69, 9.17) is 4.74 Å². The number of aromatic amines is 1. The monoisotopic (exact) mass is 289 g/mol. The van der Waals surface area contributed by atoms with Gasteiger partial charge in [0.2, 0.25) is 5.91 Å². The average molecular weight is 289 g/mol. The summed E-state index contributed by atoms with van der Waals surface area (Å²) < 4.78 is 4.77. The van der Waals surface area contributed by atoms with E-state index in [0.717, 1.165) is 16.5 Å². The van der Waals surface area contributed by atoms with Gasteiger partial charge in [0.1, 0.15) is 6.04 Å². The third-order valence-corrected chi connectivity index (χ3v) is 3.26. The van der Waals surface area contributed by atoms with Crippen LogP contribution in [0.1, 0.15) is 5.56 Å². The summed E-state index contributed by atoms with van der Waals surface area (Å²) in [7, 11) is 2.99. The van der Waals surface area contributed by atoms with Crippen molar-refractivity contribution in [1.82, 2.24) is 15.6 Å². The number of H-pyrrole nitrogens is 1. The van der Waals surface area contributed by atoms with Crippen LogP contribution in [0.3, 0.4) is 0 Å². The van der Waals surface area contributed by atoms with Crippen molar-refractivity contribution in [3.05, 3.63) is 36.0 Å². The molecule has 1 aromatic heterocycles. The molecule has 1 unspecified atom stereocenters. The minimum atomic E-state index is -0.699. The minimum absolute atomic E-state index is 0.154. The SMILES string of the molecule is CNCC(=O)NC(Cc1c[nH]c2ccccc12)C(=O)OC. The maximum atomic E-state index is 11.8. The molecule has 0 fully saturated rings. The number of ether oxygens (including phenoxy) is 1. The number of benzene rings is 1. The standard InChI is InChI=1S/C15H19N3O3/c1-16-9-14(19)18-13(15(20)21-2)7-10-8-17-12-6-4-3-5-11(10)12/h3-6,8,13,16-17H,7,9H2,1-2H3,(H,18,19). The van der Waals surface area contributed by atoms with E-state index < -0.39 is 12.0 Å². The van der Waals surface area contributed by atoms with Crippen LogP contribution in [0.5, 0.6) is 0 Å². The van der Waals surface area contributed by atoms with Crippen LogP contribution in [-0.4, -0.2) is 43.6 Å². The molecular formula is C15H19N3O3. The third kappa shape index (κ3) is 3.61. The summed E-state index contributed by atoms with van der Waals surface area (Å²) in [6, 6.07) is 7.12. The van der Waals surface area contributed by atoms with Crippen LogP contribution >= 0.6 is 0 Å². The number of aromatic nitrogens is 1. The van der Waals surface area contributed by atoms with Crippen molar-refractivity contribution in [3.63, 3.8) is 0 Å². The number of likely N-dealkylation sites (N-methyl/N-ethyl adjacent to an activating group) is 1. The Labute approximate surface area is 122 Å². The molecule has 0 aliphatic rings. The van der Waals surface area contributed by atoms with Gasteiger partial charge in [-0.15, -0.1) is 0 Å². The molecule has 0 spiro atoms. The zero-order chi connectivity index (χ0) is 15.2. The Morgan fingerprint density at radius 3 is 2.81 bits per heavy atom.